The second-order valence-corrected chi connectivity index (χ2v) is 14.8. The molecule has 3 aliphatic heterocycles. The Morgan fingerprint density at radius 1 is 1.06 bits per heavy atom. The number of halogens is 2. The fraction of sp³-hybridized carbons (Fsp3) is 0.488. The molecular weight excluding hydrogens is 639 g/mol. The Morgan fingerprint density at radius 2 is 1.79 bits per heavy atom. The fourth-order valence-corrected chi connectivity index (χ4v) is 8.17. The summed E-state index contributed by atoms with van der Waals surface area (Å²) in [5, 5.41) is 4.56. The lowest BCUT2D eigenvalue weighted by atomic mass is 9.71. The predicted octanol–water partition coefficient (Wildman–Crippen LogP) is 9.57. The smallest absolute Gasteiger partial charge is 0.311 e. The highest BCUT2D eigenvalue weighted by Gasteiger charge is 2.42. The van der Waals surface area contributed by atoms with Crippen molar-refractivity contribution < 1.29 is 14.3 Å². The van der Waals surface area contributed by atoms with Gasteiger partial charge >= 0.3 is 5.97 Å². The molecule has 2 atom stereocenters. The number of aryl methyl sites for hydroxylation is 1. The van der Waals surface area contributed by atoms with Crippen molar-refractivity contribution in [2.24, 2.45) is 0 Å². The maximum absolute atomic E-state index is 13.6. The molecule has 1 N–H and O–H groups in total. The Balaban J connectivity index is 0.00000451. The minimum Gasteiger partial charge on any atom is -0.483 e. The van der Waals surface area contributed by atoms with E-state index < -0.39 is 5.60 Å². The Hall–Kier alpha value is -2.83. The molecule has 5 nitrogen and oxygen atoms in total. The van der Waals surface area contributed by atoms with Crippen molar-refractivity contribution >= 4 is 35.6 Å². The number of ether oxygens (including phenoxy) is 2. The van der Waals surface area contributed by atoms with Crippen molar-refractivity contribution in [3.8, 4) is 11.5 Å². The number of benzene rings is 3. The first-order chi connectivity index (χ1) is 22.7. The zero-order valence-electron chi connectivity index (χ0n) is 29.1. The minimum absolute atomic E-state index is 0. The van der Waals surface area contributed by atoms with Gasteiger partial charge in [0.15, 0.2) is 0 Å². The van der Waals surface area contributed by atoms with Gasteiger partial charge in [0.1, 0.15) is 17.1 Å². The number of nitrogens with one attached hydrogen (secondary N) is 1. The van der Waals surface area contributed by atoms with Crippen molar-refractivity contribution in [3.05, 3.63) is 99.6 Å². The number of esters is 1. The van der Waals surface area contributed by atoms with E-state index >= 15 is 0 Å². The summed E-state index contributed by atoms with van der Waals surface area (Å²) in [4.78, 5) is 16.1. The van der Waals surface area contributed by atoms with Crippen LogP contribution < -0.4 is 14.8 Å². The topological polar surface area (TPSA) is 50.8 Å². The van der Waals surface area contributed by atoms with E-state index in [1.807, 2.05) is 12.1 Å². The van der Waals surface area contributed by atoms with Crippen molar-refractivity contribution in [1.29, 1.82) is 0 Å². The monoisotopic (exact) mass is 690 g/mol. The van der Waals surface area contributed by atoms with Gasteiger partial charge in [0, 0.05) is 22.9 Å². The van der Waals surface area contributed by atoms with Crippen molar-refractivity contribution in [2.45, 2.75) is 103 Å². The van der Waals surface area contributed by atoms with Gasteiger partial charge in [0.2, 0.25) is 0 Å². The number of nitrogens with zero attached hydrogens (tertiary/aromatic N) is 1. The maximum atomic E-state index is 13.6. The SMILES string of the molecule is CCCC(C)(c1ccc(Cl)cc1)c1cc(OC(=O)CCCN2CCCC2)c2c(c1)OC(C)(C)C1=C2C(CCc2ccccc2)NCC1.Cl. The molecule has 0 amide bonds. The van der Waals surface area contributed by atoms with Crippen LogP contribution in [0.15, 0.2) is 72.3 Å². The van der Waals surface area contributed by atoms with E-state index in [2.05, 4.69) is 92.5 Å². The average Bonchev–Trinajstić information content (AvgIpc) is 3.58. The quantitative estimate of drug-likeness (QED) is 0.152. The van der Waals surface area contributed by atoms with E-state index in [4.69, 9.17) is 21.1 Å². The van der Waals surface area contributed by atoms with Crippen LogP contribution in [0.3, 0.4) is 0 Å². The molecule has 0 bridgehead atoms. The van der Waals surface area contributed by atoms with Crippen LogP contribution in [0.5, 0.6) is 11.5 Å². The van der Waals surface area contributed by atoms with Gasteiger partial charge in [-0.1, -0.05) is 74.3 Å². The summed E-state index contributed by atoms with van der Waals surface area (Å²) >= 11 is 6.33. The van der Waals surface area contributed by atoms with Crippen LogP contribution in [0.4, 0.5) is 0 Å². The Bertz CT molecular complexity index is 1580. The molecule has 7 heteroatoms. The normalized spacial score (nSPS) is 19.8. The van der Waals surface area contributed by atoms with Gasteiger partial charge in [-0.3, -0.25) is 4.79 Å². The Labute approximate surface area is 298 Å². The van der Waals surface area contributed by atoms with E-state index in [9.17, 15) is 4.79 Å². The van der Waals surface area contributed by atoms with Crippen molar-refractivity contribution in [1.82, 2.24) is 10.2 Å². The molecule has 0 aliphatic carbocycles. The summed E-state index contributed by atoms with van der Waals surface area (Å²) in [5.41, 5.74) is 6.27. The zero-order chi connectivity index (χ0) is 33.0. The van der Waals surface area contributed by atoms with E-state index in [1.54, 1.807) is 0 Å². The molecule has 258 valence electrons. The van der Waals surface area contributed by atoms with Crippen LogP contribution >= 0.6 is 24.0 Å². The third-order valence-electron chi connectivity index (χ3n) is 10.6. The first-order valence-electron chi connectivity index (χ1n) is 17.8. The lowest BCUT2D eigenvalue weighted by Crippen LogP contribution is -2.45. The highest BCUT2D eigenvalue weighted by molar-refractivity contribution is 6.30. The van der Waals surface area contributed by atoms with E-state index in [1.165, 1.54) is 35.1 Å². The molecular formula is C41H52Cl2N2O3. The molecule has 3 aromatic carbocycles. The van der Waals surface area contributed by atoms with E-state index in [-0.39, 0.29) is 29.8 Å². The third-order valence-corrected chi connectivity index (χ3v) is 10.8. The van der Waals surface area contributed by atoms with Gasteiger partial charge in [-0.25, -0.2) is 0 Å². The van der Waals surface area contributed by atoms with Crippen LogP contribution in [0, 0.1) is 0 Å². The average molecular weight is 692 g/mol. The summed E-state index contributed by atoms with van der Waals surface area (Å²) < 4.78 is 13.4. The summed E-state index contributed by atoms with van der Waals surface area (Å²) in [5.74, 6) is 1.25. The van der Waals surface area contributed by atoms with E-state index in [0.29, 0.717) is 12.2 Å². The second-order valence-electron chi connectivity index (χ2n) is 14.3. The van der Waals surface area contributed by atoms with Gasteiger partial charge in [0.05, 0.1) is 5.56 Å². The van der Waals surface area contributed by atoms with Gasteiger partial charge in [-0.05, 0) is 137 Å². The molecule has 48 heavy (non-hydrogen) atoms. The highest BCUT2D eigenvalue weighted by Crippen LogP contribution is 2.52. The number of fused-ring (bicyclic) bond motifs is 2. The van der Waals surface area contributed by atoms with E-state index in [0.717, 1.165) is 86.6 Å². The van der Waals surface area contributed by atoms with Crippen LogP contribution in [-0.4, -0.2) is 48.7 Å². The molecule has 0 spiro atoms. The highest BCUT2D eigenvalue weighted by atomic mass is 35.5. The third kappa shape index (κ3) is 7.97. The van der Waals surface area contributed by atoms with Gasteiger partial charge in [-0.15, -0.1) is 12.4 Å². The largest absolute Gasteiger partial charge is 0.483 e. The second kappa shape index (κ2) is 15.8. The Kier molecular flexibility index (Phi) is 12.0. The molecule has 3 heterocycles. The van der Waals surface area contributed by atoms with Crippen LogP contribution in [0.2, 0.25) is 5.02 Å². The Morgan fingerprint density at radius 3 is 2.50 bits per heavy atom. The molecule has 1 fully saturated rings. The molecule has 3 aliphatic rings. The number of hydrogen-bond acceptors (Lipinski definition) is 5. The van der Waals surface area contributed by atoms with Crippen molar-refractivity contribution in [2.75, 3.05) is 26.2 Å². The van der Waals surface area contributed by atoms with Gasteiger partial charge in [0.25, 0.3) is 0 Å². The molecule has 0 radical (unpaired) electrons. The number of carbonyl (C=O) groups excluding carboxylic acids is 1. The number of carbonyl (C=O) groups is 1. The standard InChI is InChI=1S/C41H51ClN2O3.ClH/c1-5-22-41(4,30-16-18-32(42)19-17-30)31-27-35(46-37(45)14-11-26-44-24-9-10-25-44)39-36(28-31)47-40(2,3)33-21-23-43-34(38(33)39)20-15-29-12-7-6-8-13-29;/h6-8,12-13,16-19,27-28,34,43H,5,9-11,14-15,20-26H2,1-4H3;1H. The maximum Gasteiger partial charge on any atom is 0.311 e. The molecule has 0 saturated carbocycles. The van der Waals surface area contributed by atoms with Crippen LogP contribution in [0.25, 0.3) is 5.57 Å². The molecule has 3 aromatic rings. The van der Waals surface area contributed by atoms with Crippen LogP contribution in [-0.2, 0) is 16.6 Å². The van der Waals surface area contributed by atoms with Gasteiger partial charge < -0.3 is 19.7 Å². The van der Waals surface area contributed by atoms with Crippen LogP contribution in [0.1, 0.15) is 101 Å². The first kappa shape index (κ1) is 36.5. The lowest BCUT2D eigenvalue weighted by Gasteiger charge is -2.44. The first-order valence-corrected chi connectivity index (χ1v) is 18.1. The molecule has 2 unspecified atom stereocenters. The minimum atomic E-state index is -0.480. The summed E-state index contributed by atoms with van der Waals surface area (Å²) in [6, 6.07) is 23.3. The molecule has 1 saturated heterocycles. The molecule has 6 rings (SSSR count). The number of rotatable bonds is 12. The number of hydrogen-bond donors (Lipinski definition) is 1. The fourth-order valence-electron chi connectivity index (χ4n) is 8.04. The summed E-state index contributed by atoms with van der Waals surface area (Å²) in [7, 11) is 0. The predicted molar refractivity (Wildman–Crippen MR) is 200 cm³/mol. The summed E-state index contributed by atoms with van der Waals surface area (Å²) in [6.07, 6.45) is 8.42. The zero-order valence-corrected chi connectivity index (χ0v) is 30.7. The molecule has 0 aromatic heterocycles. The van der Waals surface area contributed by atoms with Crippen molar-refractivity contribution in [3.63, 3.8) is 0 Å². The number of likely N-dealkylation sites (tertiary alicyclic amines) is 1. The lowest BCUT2D eigenvalue weighted by molar-refractivity contribution is -0.134. The summed E-state index contributed by atoms with van der Waals surface area (Å²) in [6.45, 7) is 13.0. The van der Waals surface area contributed by atoms with Gasteiger partial charge in [-0.2, -0.15) is 0 Å².